The maximum atomic E-state index is 12.7. The van der Waals surface area contributed by atoms with Crippen molar-refractivity contribution in [1.82, 2.24) is 10.2 Å². The minimum atomic E-state index is -0.443. The molecule has 4 rings (SSSR count). The molecule has 0 aliphatic carbocycles. The van der Waals surface area contributed by atoms with Gasteiger partial charge in [-0.3, -0.25) is 9.59 Å². The van der Waals surface area contributed by atoms with Crippen LogP contribution >= 0.6 is 0 Å². The average Bonchev–Trinajstić information content (AvgIpc) is 2.98. The van der Waals surface area contributed by atoms with Crippen molar-refractivity contribution in [3.8, 4) is 0 Å². The molecule has 2 fully saturated rings. The first-order valence-corrected chi connectivity index (χ1v) is 9.47. The van der Waals surface area contributed by atoms with Crippen LogP contribution in [0.4, 0.5) is 5.69 Å². The van der Waals surface area contributed by atoms with E-state index in [0.717, 1.165) is 36.1 Å². The van der Waals surface area contributed by atoms with Gasteiger partial charge in [0, 0.05) is 30.4 Å². The van der Waals surface area contributed by atoms with E-state index in [1.807, 2.05) is 13.0 Å². The Morgan fingerprint density at radius 2 is 1.88 bits per heavy atom. The molecule has 0 aromatic heterocycles. The molecule has 1 aromatic carbocycles. The Morgan fingerprint density at radius 3 is 2.60 bits per heavy atom. The number of carbonyl (C=O) groups is 2. The van der Waals surface area contributed by atoms with Gasteiger partial charge in [-0.1, -0.05) is 18.6 Å². The molecule has 0 radical (unpaired) electrons. The van der Waals surface area contributed by atoms with Gasteiger partial charge in [0.05, 0.1) is 0 Å². The first-order valence-electron chi connectivity index (χ1n) is 9.47. The van der Waals surface area contributed by atoms with Gasteiger partial charge in [0.1, 0.15) is 0 Å². The second kappa shape index (κ2) is 6.45. The highest BCUT2D eigenvalue weighted by atomic mass is 16.2. The van der Waals surface area contributed by atoms with E-state index in [4.69, 9.17) is 0 Å². The van der Waals surface area contributed by atoms with Gasteiger partial charge in [0.15, 0.2) is 0 Å². The molecule has 5 nitrogen and oxygen atoms in total. The highest BCUT2D eigenvalue weighted by Gasteiger charge is 2.38. The molecule has 2 saturated heterocycles. The number of fused-ring (bicyclic) bond motifs is 3. The predicted molar refractivity (Wildman–Crippen MR) is 97.6 cm³/mol. The van der Waals surface area contributed by atoms with Crippen molar-refractivity contribution in [2.24, 2.45) is 0 Å². The van der Waals surface area contributed by atoms with E-state index in [1.54, 1.807) is 4.90 Å². The van der Waals surface area contributed by atoms with Crippen LogP contribution in [0.3, 0.4) is 0 Å². The number of benzene rings is 1. The van der Waals surface area contributed by atoms with E-state index < -0.39 is 11.8 Å². The zero-order valence-electron chi connectivity index (χ0n) is 15.1. The topological polar surface area (TPSA) is 52.7 Å². The number of piperidine rings is 2. The quantitative estimate of drug-likeness (QED) is 0.795. The summed E-state index contributed by atoms with van der Waals surface area (Å²) in [5.74, 6) is -0.851. The van der Waals surface area contributed by atoms with E-state index in [0.29, 0.717) is 18.6 Å². The van der Waals surface area contributed by atoms with E-state index in [9.17, 15) is 9.59 Å². The number of hydrogen-bond acceptors (Lipinski definition) is 3. The van der Waals surface area contributed by atoms with Crippen molar-refractivity contribution in [3.05, 3.63) is 29.3 Å². The minimum Gasteiger partial charge on any atom is -0.345 e. The van der Waals surface area contributed by atoms with Gasteiger partial charge in [-0.25, -0.2) is 0 Å². The summed E-state index contributed by atoms with van der Waals surface area (Å²) < 4.78 is 0. The van der Waals surface area contributed by atoms with Crippen LogP contribution in [0, 0.1) is 6.92 Å². The molecule has 0 spiro atoms. The normalized spacial score (nSPS) is 28.6. The molecular weight excluding hydrogens is 314 g/mol. The summed E-state index contributed by atoms with van der Waals surface area (Å²) in [4.78, 5) is 29.4. The highest BCUT2D eigenvalue weighted by molar-refractivity contribution is 6.40. The van der Waals surface area contributed by atoms with Crippen LogP contribution in [0.25, 0.3) is 0 Å². The van der Waals surface area contributed by atoms with Crippen LogP contribution in [0.2, 0.25) is 0 Å². The molecule has 3 aliphatic rings. The molecule has 1 aromatic rings. The molecule has 0 saturated carbocycles. The summed E-state index contributed by atoms with van der Waals surface area (Å²) in [6, 6.07) is 7.35. The number of amides is 2. The zero-order valence-corrected chi connectivity index (χ0v) is 15.1. The molecule has 3 atom stereocenters. The molecule has 3 heterocycles. The molecule has 1 N–H and O–H groups in total. The summed E-state index contributed by atoms with van der Waals surface area (Å²) in [5, 5.41) is 3.03. The Bertz CT molecular complexity index is 688. The lowest BCUT2D eigenvalue weighted by Gasteiger charge is -2.47. The molecule has 25 heavy (non-hydrogen) atoms. The van der Waals surface area contributed by atoms with Crippen LogP contribution in [-0.2, 0) is 16.0 Å². The zero-order chi connectivity index (χ0) is 17.6. The Kier molecular flexibility index (Phi) is 4.28. The molecule has 1 unspecified atom stereocenters. The fourth-order valence-corrected chi connectivity index (χ4v) is 4.80. The smallest absolute Gasteiger partial charge is 0.316 e. The van der Waals surface area contributed by atoms with Crippen molar-refractivity contribution < 1.29 is 9.59 Å². The monoisotopic (exact) mass is 341 g/mol. The number of rotatable bonds is 1. The van der Waals surface area contributed by atoms with Crippen molar-refractivity contribution in [1.29, 1.82) is 0 Å². The van der Waals surface area contributed by atoms with Gasteiger partial charge >= 0.3 is 11.8 Å². The lowest BCUT2D eigenvalue weighted by molar-refractivity contribution is -0.138. The number of hydrogen-bond donors (Lipinski definition) is 1. The second-order valence-electron chi connectivity index (χ2n) is 7.88. The molecule has 134 valence electrons. The van der Waals surface area contributed by atoms with Crippen LogP contribution in [0.1, 0.15) is 43.2 Å². The predicted octanol–water partition coefficient (Wildman–Crippen LogP) is 2.02. The fourth-order valence-electron chi connectivity index (χ4n) is 4.80. The van der Waals surface area contributed by atoms with Gasteiger partial charge in [-0.05, 0) is 63.3 Å². The lowest BCUT2D eigenvalue weighted by atomic mass is 9.82. The summed E-state index contributed by atoms with van der Waals surface area (Å²) in [6.07, 6.45) is 6.43. The van der Waals surface area contributed by atoms with Gasteiger partial charge in [-0.2, -0.15) is 0 Å². The maximum absolute atomic E-state index is 12.7. The maximum Gasteiger partial charge on any atom is 0.316 e. The standard InChI is InChI=1S/C20H27N3O2/c1-13-6-7-14-8-9-23(18(14)10-13)20(25)19(24)21-15-11-16-4-3-5-17(12-15)22(16)2/h6-7,10,15-17H,3-5,8-9,11-12H2,1-2H3,(H,21,24)/t15?,16-,17+. The Labute approximate surface area is 149 Å². The molecular formula is C20H27N3O2. The highest BCUT2D eigenvalue weighted by Crippen LogP contribution is 2.33. The van der Waals surface area contributed by atoms with Crippen LogP contribution in [-0.4, -0.2) is 48.4 Å². The number of aryl methyl sites for hydroxylation is 1. The molecule has 5 heteroatoms. The Hall–Kier alpha value is -1.88. The average molecular weight is 341 g/mol. The number of nitrogens with one attached hydrogen (secondary N) is 1. The third-order valence-electron chi connectivity index (χ3n) is 6.25. The van der Waals surface area contributed by atoms with E-state index in [1.165, 1.54) is 19.3 Å². The lowest BCUT2D eigenvalue weighted by Crippen LogP contribution is -2.56. The van der Waals surface area contributed by atoms with Gasteiger partial charge in [-0.15, -0.1) is 0 Å². The third kappa shape index (κ3) is 3.06. The first kappa shape index (κ1) is 16.6. The van der Waals surface area contributed by atoms with Crippen molar-refractivity contribution >= 4 is 17.5 Å². The summed E-state index contributed by atoms with van der Waals surface area (Å²) in [6.45, 7) is 2.61. The molecule has 3 aliphatic heterocycles. The second-order valence-corrected chi connectivity index (χ2v) is 7.88. The van der Waals surface area contributed by atoms with E-state index >= 15 is 0 Å². The van der Waals surface area contributed by atoms with Crippen molar-refractivity contribution in [3.63, 3.8) is 0 Å². The third-order valence-corrected chi connectivity index (χ3v) is 6.25. The molecule has 2 bridgehead atoms. The van der Waals surface area contributed by atoms with Crippen LogP contribution < -0.4 is 10.2 Å². The van der Waals surface area contributed by atoms with Gasteiger partial charge in [0.2, 0.25) is 0 Å². The van der Waals surface area contributed by atoms with Crippen molar-refractivity contribution in [2.45, 2.75) is 63.6 Å². The SMILES string of the molecule is Cc1ccc2c(c1)N(C(=O)C(=O)NC1C[C@H]3CCC[C@@H](C1)N3C)CC2. The Balaban J connectivity index is 1.42. The number of carbonyl (C=O) groups excluding carboxylic acids is 2. The van der Waals surface area contributed by atoms with Gasteiger partial charge in [0.25, 0.3) is 0 Å². The van der Waals surface area contributed by atoms with Crippen molar-refractivity contribution in [2.75, 3.05) is 18.5 Å². The molecule has 2 amide bonds. The van der Waals surface area contributed by atoms with E-state index in [-0.39, 0.29) is 6.04 Å². The van der Waals surface area contributed by atoms with Crippen LogP contribution in [0.15, 0.2) is 18.2 Å². The summed E-state index contributed by atoms with van der Waals surface area (Å²) >= 11 is 0. The number of nitrogens with zero attached hydrogens (tertiary/aromatic N) is 2. The summed E-state index contributed by atoms with van der Waals surface area (Å²) in [5.41, 5.74) is 3.17. The fraction of sp³-hybridized carbons (Fsp3) is 0.600. The van der Waals surface area contributed by atoms with Crippen LogP contribution in [0.5, 0.6) is 0 Å². The summed E-state index contributed by atoms with van der Waals surface area (Å²) in [7, 11) is 2.20. The first-order chi connectivity index (χ1) is 12.0. The largest absolute Gasteiger partial charge is 0.345 e. The van der Waals surface area contributed by atoms with Gasteiger partial charge < -0.3 is 15.1 Å². The van der Waals surface area contributed by atoms with E-state index in [2.05, 4.69) is 29.4 Å². The minimum absolute atomic E-state index is 0.127. The Morgan fingerprint density at radius 1 is 1.16 bits per heavy atom. The number of anilines is 1.